The lowest BCUT2D eigenvalue weighted by Crippen LogP contribution is -2.29. The second kappa shape index (κ2) is 3.35. The molecular formula is C7H14N4S. The fourth-order valence-electron chi connectivity index (χ4n) is 1.12. The number of aromatic nitrogens is 4. The molecular weight excluding hydrogens is 172 g/mol. The predicted molar refractivity (Wildman–Crippen MR) is 49.4 cm³/mol. The van der Waals surface area contributed by atoms with Crippen LogP contribution in [-0.4, -0.2) is 20.2 Å². The molecule has 0 unspecified atom stereocenters. The van der Waals surface area contributed by atoms with Crippen LogP contribution in [0, 0.1) is 4.77 Å². The van der Waals surface area contributed by atoms with E-state index in [0.29, 0.717) is 4.77 Å². The summed E-state index contributed by atoms with van der Waals surface area (Å²) in [5, 5.41) is 10.2. The third-order valence-corrected chi connectivity index (χ3v) is 2.80. The fraction of sp³-hybridized carbons (Fsp3) is 0.857. The molecule has 0 amide bonds. The minimum Gasteiger partial charge on any atom is -0.237 e. The summed E-state index contributed by atoms with van der Waals surface area (Å²) in [5.41, 5.74) is 0.0284. The number of hydrogen-bond donors (Lipinski definition) is 1. The van der Waals surface area contributed by atoms with Gasteiger partial charge in [0, 0.05) is 0 Å². The average Bonchev–Trinajstić information content (AvgIpc) is 2.51. The minimum atomic E-state index is 0.0284. The number of H-pyrrole nitrogens is 1. The largest absolute Gasteiger partial charge is 0.238 e. The van der Waals surface area contributed by atoms with E-state index in [0.717, 1.165) is 12.8 Å². The molecule has 12 heavy (non-hydrogen) atoms. The van der Waals surface area contributed by atoms with Crippen molar-refractivity contribution in [1.29, 1.82) is 0 Å². The van der Waals surface area contributed by atoms with Crippen molar-refractivity contribution in [2.45, 2.75) is 39.2 Å². The van der Waals surface area contributed by atoms with Crippen molar-refractivity contribution in [2.24, 2.45) is 0 Å². The van der Waals surface area contributed by atoms with E-state index < -0.39 is 0 Å². The van der Waals surface area contributed by atoms with Crippen LogP contribution in [0.25, 0.3) is 0 Å². The van der Waals surface area contributed by atoms with E-state index in [4.69, 9.17) is 12.2 Å². The molecule has 0 bridgehead atoms. The maximum absolute atomic E-state index is 5.02. The highest BCUT2D eigenvalue weighted by Crippen LogP contribution is 2.22. The quantitative estimate of drug-likeness (QED) is 0.733. The Morgan fingerprint density at radius 1 is 1.50 bits per heavy atom. The predicted octanol–water partition coefficient (Wildman–Crippen LogP) is 1.87. The fourth-order valence-corrected chi connectivity index (χ4v) is 1.42. The number of nitrogens with one attached hydrogen (secondary N) is 1. The lowest BCUT2D eigenvalue weighted by atomic mass is 9.96. The molecule has 4 nitrogen and oxygen atoms in total. The van der Waals surface area contributed by atoms with Gasteiger partial charge in [0.05, 0.1) is 5.54 Å². The normalized spacial score (nSPS) is 11.9. The zero-order chi connectivity index (χ0) is 9.19. The van der Waals surface area contributed by atoms with Crippen LogP contribution < -0.4 is 0 Å². The molecule has 0 saturated carbocycles. The molecule has 0 saturated heterocycles. The number of nitrogens with zero attached hydrogens (tertiary/aromatic N) is 3. The van der Waals surface area contributed by atoms with Gasteiger partial charge in [-0.05, 0) is 32.0 Å². The molecule has 5 heteroatoms. The Balaban J connectivity index is 3.11. The molecule has 0 fully saturated rings. The Morgan fingerprint density at radius 3 is 2.42 bits per heavy atom. The molecule has 0 spiro atoms. The molecule has 0 radical (unpaired) electrons. The minimum absolute atomic E-state index is 0.0284. The Kier molecular flexibility index (Phi) is 2.62. The number of tetrazole rings is 1. The summed E-state index contributed by atoms with van der Waals surface area (Å²) >= 11 is 5.02. The van der Waals surface area contributed by atoms with Crippen molar-refractivity contribution in [2.75, 3.05) is 0 Å². The lowest BCUT2D eigenvalue weighted by molar-refractivity contribution is 0.256. The zero-order valence-electron chi connectivity index (χ0n) is 7.66. The van der Waals surface area contributed by atoms with Gasteiger partial charge in [-0.2, -0.15) is 5.21 Å². The zero-order valence-corrected chi connectivity index (χ0v) is 8.48. The molecule has 1 rings (SSSR count). The van der Waals surface area contributed by atoms with Gasteiger partial charge in [0.25, 0.3) is 0 Å². The molecule has 1 heterocycles. The molecule has 1 N–H and O–H groups in total. The molecule has 0 aliphatic rings. The van der Waals surface area contributed by atoms with Crippen LogP contribution in [0.1, 0.15) is 33.6 Å². The molecule has 0 aromatic carbocycles. The van der Waals surface area contributed by atoms with E-state index in [-0.39, 0.29) is 5.54 Å². The van der Waals surface area contributed by atoms with Gasteiger partial charge in [0.15, 0.2) is 0 Å². The van der Waals surface area contributed by atoms with Crippen LogP contribution >= 0.6 is 12.2 Å². The molecule has 0 aliphatic heterocycles. The summed E-state index contributed by atoms with van der Waals surface area (Å²) < 4.78 is 2.38. The summed E-state index contributed by atoms with van der Waals surface area (Å²) in [4.78, 5) is 0. The Bertz CT molecular complexity index is 296. The molecule has 0 atom stereocenters. The summed E-state index contributed by atoms with van der Waals surface area (Å²) in [6.07, 6.45) is 2.03. The van der Waals surface area contributed by atoms with Crippen molar-refractivity contribution < 1.29 is 0 Å². The third kappa shape index (κ3) is 1.41. The molecule has 1 aromatic rings. The van der Waals surface area contributed by atoms with Gasteiger partial charge >= 0.3 is 0 Å². The highest BCUT2D eigenvalue weighted by atomic mass is 32.1. The average molecular weight is 186 g/mol. The van der Waals surface area contributed by atoms with E-state index in [1.165, 1.54) is 0 Å². The first-order valence-electron chi connectivity index (χ1n) is 4.14. The second-order valence-electron chi connectivity index (χ2n) is 3.12. The summed E-state index contributed by atoms with van der Waals surface area (Å²) in [6.45, 7) is 6.40. The van der Waals surface area contributed by atoms with Gasteiger partial charge in [0.1, 0.15) is 0 Å². The van der Waals surface area contributed by atoms with Crippen molar-refractivity contribution in [1.82, 2.24) is 20.2 Å². The lowest BCUT2D eigenvalue weighted by Gasteiger charge is -2.26. The summed E-state index contributed by atoms with van der Waals surface area (Å²) in [5.74, 6) is 0. The Labute approximate surface area is 77.0 Å². The van der Waals surface area contributed by atoms with Crippen LogP contribution in [0.5, 0.6) is 0 Å². The van der Waals surface area contributed by atoms with Gasteiger partial charge in [0.2, 0.25) is 4.77 Å². The molecule has 1 aromatic heterocycles. The van der Waals surface area contributed by atoms with E-state index >= 15 is 0 Å². The highest BCUT2D eigenvalue weighted by Gasteiger charge is 2.23. The molecule has 68 valence electrons. The van der Waals surface area contributed by atoms with E-state index in [2.05, 4.69) is 36.3 Å². The first kappa shape index (κ1) is 9.38. The van der Waals surface area contributed by atoms with Gasteiger partial charge in [-0.15, -0.1) is 0 Å². The summed E-state index contributed by atoms with van der Waals surface area (Å²) in [6, 6.07) is 0. The molecule has 0 aliphatic carbocycles. The van der Waals surface area contributed by atoms with Gasteiger partial charge < -0.3 is 0 Å². The maximum atomic E-state index is 5.02. The van der Waals surface area contributed by atoms with Gasteiger partial charge in [-0.3, -0.25) is 0 Å². The van der Waals surface area contributed by atoms with Crippen LogP contribution in [0.2, 0.25) is 0 Å². The standard InChI is InChI=1S/C7H14N4S/c1-4-7(3,5-2)11-6(12)8-9-10-11/h4-5H2,1-3H3,(H,8,10,12). The van der Waals surface area contributed by atoms with Gasteiger partial charge in [-0.1, -0.05) is 24.2 Å². The first-order valence-corrected chi connectivity index (χ1v) is 4.55. The van der Waals surface area contributed by atoms with Crippen LogP contribution in [0.4, 0.5) is 0 Å². The van der Waals surface area contributed by atoms with Crippen LogP contribution in [0.3, 0.4) is 0 Å². The van der Waals surface area contributed by atoms with Crippen molar-refractivity contribution in [3.8, 4) is 0 Å². The Morgan fingerprint density at radius 2 is 2.08 bits per heavy atom. The topological polar surface area (TPSA) is 46.5 Å². The van der Waals surface area contributed by atoms with Crippen LogP contribution in [-0.2, 0) is 5.54 Å². The van der Waals surface area contributed by atoms with Gasteiger partial charge in [-0.25, -0.2) is 4.68 Å². The highest BCUT2D eigenvalue weighted by molar-refractivity contribution is 7.71. The van der Waals surface area contributed by atoms with E-state index in [1.54, 1.807) is 0 Å². The van der Waals surface area contributed by atoms with Crippen molar-refractivity contribution >= 4 is 12.2 Å². The number of rotatable bonds is 3. The van der Waals surface area contributed by atoms with E-state index in [9.17, 15) is 0 Å². The van der Waals surface area contributed by atoms with Crippen molar-refractivity contribution in [3.05, 3.63) is 4.77 Å². The Hall–Kier alpha value is -0.710. The third-order valence-electron chi connectivity index (χ3n) is 2.53. The summed E-state index contributed by atoms with van der Waals surface area (Å²) in [7, 11) is 0. The SMILES string of the molecule is CCC(C)(CC)n1[nH]nnc1=S. The van der Waals surface area contributed by atoms with Crippen LogP contribution in [0.15, 0.2) is 0 Å². The van der Waals surface area contributed by atoms with Crippen molar-refractivity contribution in [3.63, 3.8) is 0 Å². The smallest absolute Gasteiger partial charge is 0.237 e. The number of hydrogen-bond acceptors (Lipinski definition) is 3. The van der Waals surface area contributed by atoms with E-state index in [1.807, 2.05) is 4.68 Å². The maximum Gasteiger partial charge on any atom is 0.238 e. The monoisotopic (exact) mass is 186 g/mol. The second-order valence-corrected chi connectivity index (χ2v) is 3.49. The number of aromatic amines is 1. The first-order chi connectivity index (χ1) is 5.64.